The second kappa shape index (κ2) is 9.35. The summed E-state index contributed by atoms with van der Waals surface area (Å²) < 4.78 is 0. The van der Waals surface area contributed by atoms with Crippen molar-refractivity contribution in [2.75, 3.05) is 20.2 Å². The Morgan fingerprint density at radius 3 is 2.26 bits per heavy atom. The number of carbonyl (C=O) groups excluding carboxylic acids is 1. The van der Waals surface area contributed by atoms with Gasteiger partial charge in [0.25, 0.3) is 0 Å². The average Bonchev–Trinajstić information content (AvgIpc) is 2.69. The molecule has 3 heteroatoms. The standard InChI is InChI=1S/C16H31NO2/c1-3-4-5-6-7-8-9-10-11-15-14(13-18)12-17(2)16(15)19/h14-15,18H,3-13H2,1-2H3. The van der Waals surface area contributed by atoms with Gasteiger partial charge in [-0.25, -0.2) is 0 Å². The van der Waals surface area contributed by atoms with Gasteiger partial charge in [-0.05, 0) is 6.42 Å². The number of carbonyl (C=O) groups is 1. The Bertz CT molecular complexity index is 255. The average molecular weight is 269 g/mol. The first-order chi connectivity index (χ1) is 9.20. The van der Waals surface area contributed by atoms with Crippen LogP contribution >= 0.6 is 0 Å². The van der Waals surface area contributed by atoms with E-state index in [-0.39, 0.29) is 24.3 Å². The predicted molar refractivity (Wildman–Crippen MR) is 78.9 cm³/mol. The summed E-state index contributed by atoms with van der Waals surface area (Å²) in [5, 5.41) is 9.32. The maximum Gasteiger partial charge on any atom is 0.225 e. The molecular formula is C16H31NO2. The predicted octanol–water partition coefficient (Wildman–Crippen LogP) is 3.21. The summed E-state index contributed by atoms with van der Waals surface area (Å²) in [4.78, 5) is 13.7. The zero-order valence-electron chi connectivity index (χ0n) is 12.7. The number of likely N-dealkylation sites (tertiary alicyclic amines) is 1. The van der Waals surface area contributed by atoms with Crippen LogP contribution < -0.4 is 0 Å². The Labute approximate surface area is 118 Å². The quantitative estimate of drug-likeness (QED) is 0.619. The molecule has 0 bridgehead atoms. The van der Waals surface area contributed by atoms with Crippen molar-refractivity contribution in [1.29, 1.82) is 0 Å². The van der Waals surface area contributed by atoms with Gasteiger partial charge in [0.1, 0.15) is 0 Å². The van der Waals surface area contributed by atoms with Crippen molar-refractivity contribution >= 4 is 5.91 Å². The van der Waals surface area contributed by atoms with Crippen molar-refractivity contribution in [3.05, 3.63) is 0 Å². The van der Waals surface area contributed by atoms with Gasteiger partial charge < -0.3 is 10.0 Å². The molecule has 1 aliphatic rings. The molecule has 1 fully saturated rings. The fourth-order valence-electron chi connectivity index (χ4n) is 3.10. The van der Waals surface area contributed by atoms with Gasteiger partial charge in [-0.15, -0.1) is 0 Å². The molecule has 1 amide bonds. The Morgan fingerprint density at radius 1 is 1.11 bits per heavy atom. The molecule has 0 aromatic rings. The van der Waals surface area contributed by atoms with E-state index in [4.69, 9.17) is 0 Å². The third-order valence-electron chi connectivity index (χ3n) is 4.37. The Kier molecular flexibility index (Phi) is 8.11. The summed E-state index contributed by atoms with van der Waals surface area (Å²) in [6.07, 6.45) is 11.4. The summed E-state index contributed by atoms with van der Waals surface area (Å²) in [6, 6.07) is 0. The lowest BCUT2D eigenvalue weighted by Crippen LogP contribution is -2.22. The van der Waals surface area contributed by atoms with Crippen LogP contribution in [0.15, 0.2) is 0 Å². The van der Waals surface area contributed by atoms with E-state index in [1.807, 2.05) is 7.05 Å². The van der Waals surface area contributed by atoms with Crippen LogP contribution in [-0.2, 0) is 4.79 Å². The van der Waals surface area contributed by atoms with E-state index in [0.29, 0.717) is 0 Å². The largest absolute Gasteiger partial charge is 0.396 e. The minimum atomic E-state index is 0.0788. The monoisotopic (exact) mass is 269 g/mol. The number of aliphatic hydroxyl groups is 1. The Balaban J connectivity index is 2.06. The number of unbranched alkanes of at least 4 members (excludes halogenated alkanes) is 7. The number of rotatable bonds is 10. The van der Waals surface area contributed by atoms with Gasteiger partial charge in [0.15, 0.2) is 0 Å². The molecule has 0 radical (unpaired) electrons. The molecule has 1 rings (SSSR count). The van der Waals surface area contributed by atoms with Crippen molar-refractivity contribution in [3.63, 3.8) is 0 Å². The highest BCUT2D eigenvalue weighted by molar-refractivity contribution is 5.81. The summed E-state index contributed by atoms with van der Waals surface area (Å²) in [6.45, 7) is 3.13. The number of amides is 1. The van der Waals surface area contributed by atoms with E-state index < -0.39 is 0 Å². The van der Waals surface area contributed by atoms with Crippen LogP contribution in [0.1, 0.15) is 64.7 Å². The first-order valence-electron chi connectivity index (χ1n) is 8.06. The summed E-state index contributed by atoms with van der Waals surface area (Å²) in [5.41, 5.74) is 0. The third-order valence-corrected chi connectivity index (χ3v) is 4.37. The van der Waals surface area contributed by atoms with Crippen LogP contribution in [0.5, 0.6) is 0 Å². The van der Waals surface area contributed by atoms with E-state index in [9.17, 15) is 9.90 Å². The highest BCUT2D eigenvalue weighted by Crippen LogP contribution is 2.28. The van der Waals surface area contributed by atoms with Crippen molar-refractivity contribution < 1.29 is 9.90 Å². The van der Waals surface area contributed by atoms with Gasteiger partial charge >= 0.3 is 0 Å². The maximum absolute atomic E-state index is 11.9. The second-order valence-electron chi connectivity index (χ2n) is 6.03. The molecule has 1 N–H and O–H groups in total. The third kappa shape index (κ3) is 5.52. The SMILES string of the molecule is CCCCCCCCCCC1C(=O)N(C)CC1CO. The lowest BCUT2D eigenvalue weighted by atomic mass is 9.90. The topological polar surface area (TPSA) is 40.5 Å². The van der Waals surface area contributed by atoms with Gasteiger partial charge in [0, 0.05) is 32.0 Å². The van der Waals surface area contributed by atoms with Crippen LogP contribution in [0.25, 0.3) is 0 Å². The number of nitrogens with zero attached hydrogens (tertiary/aromatic N) is 1. The molecule has 1 heterocycles. The zero-order chi connectivity index (χ0) is 14.1. The Morgan fingerprint density at radius 2 is 1.68 bits per heavy atom. The van der Waals surface area contributed by atoms with Gasteiger partial charge in [0.05, 0.1) is 0 Å². The van der Waals surface area contributed by atoms with Gasteiger partial charge in [-0.1, -0.05) is 58.3 Å². The molecule has 0 spiro atoms. The van der Waals surface area contributed by atoms with Crippen molar-refractivity contribution in [3.8, 4) is 0 Å². The molecule has 0 saturated carbocycles. The van der Waals surface area contributed by atoms with Crippen molar-refractivity contribution in [1.82, 2.24) is 4.90 Å². The summed E-state index contributed by atoms with van der Waals surface area (Å²) in [7, 11) is 1.85. The van der Waals surface area contributed by atoms with Gasteiger partial charge in [-0.2, -0.15) is 0 Å². The molecule has 112 valence electrons. The van der Waals surface area contributed by atoms with Crippen LogP contribution in [0.2, 0.25) is 0 Å². The normalized spacial score (nSPS) is 23.3. The van der Waals surface area contributed by atoms with E-state index in [0.717, 1.165) is 19.4 Å². The van der Waals surface area contributed by atoms with Crippen LogP contribution in [0, 0.1) is 11.8 Å². The fraction of sp³-hybridized carbons (Fsp3) is 0.938. The fourth-order valence-corrected chi connectivity index (χ4v) is 3.10. The first-order valence-corrected chi connectivity index (χ1v) is 8.06. The minimum Gasteiger partial charge on any atom is -0.396 e. The second-order valence-corrected chi connectivity index (χ2v) is 6.03. The first kappa shape index (κ1) is 16.5. The molecule has 0 aromatic carbocycles. The van der Waals surface area contributed by atoms with Crippen LogP contribution in [0.3, 0.4) is 0 Å². The van der Waals surface area contributed by atoms with Gasteiger partial charge in [-0.3, -0.25) is 4.79 Å². The molecule has 3 nitrogen and oxygen atoms in total. The summed E-state index contributed by atoms with van der Waals surface area (Å²) in [5.74, 6) is 0.485. The molecule has 1 aliphatic heterocycles. The van der Waals surface area contributed by atoms with Crippen LogP contribution in [-0.4, -0.2) is 36.1 Å². The van der Waals surface area contributed by atoms with E-state index in [2.05, 4.69) is 6.92 Å². The number of aliphatic hydroxyl groups excluding tert-OH is 1. The van der Waals surface area contributed by atoms with E-state index >= 15 is 0 Å². The molecule has 1 saturated heterocycles. The smallest absolute Gasteiger partial charge is 0.225 e. The highest BCUT2D eigenvalue weighted by Gasteiger charge is 2.37. The molecule has 2 unspecified atom stereocenters. The van der Waals surface area contributed by atoms with Gasteiger partial charge in [0.2, 0.25) is 5.91 Å². The maximum atomic E-state index is 11.9. The molecule has 19 heavy (non-hydrogen) atoms. The van der Waals surface area contributed by atoms with Crippen molar-refractivity contribution in [2.45, 2.75) is 64.7 Å². The Hall–Kier alpha value is -0.570. The van der Waals surface area contributed by atoms with Crippen LogP contribution in [0.4, 0.5) is 0 Å². The highest BCUT2D eigenvalue weighted by atomic mass is 16.3. The van der Waals surface area contributed by atoms with E-state index in [1.165, 1.54) is 44.9 Å². The molecule has 2 atom stereocenters. The lowest BCUT2D eigenvalue weighted by molar-refractivity contribution is -0.130. The van der Waals surface area contributed by atoms with E-state index in [1.54, 1.807) is 4.90 Å². The minimum absolute atomic E-state index is 0.0788. The molecule has 0 aliphatic carbocycles. The summed E-state index contributed by atoms with van der Waals surface area (Å²) >= 11 is 0. The lowest BCUT2D eigenvalue weighted by Gasteiger charge is -2.13. The van der Waals surface area contributed by atoms with Crippen molar-refractivity contribution in [2.24, 2.45) is 11.8 Å². The molecular weight excluding hydrogens is 238 g/mol. The number of hydrogen-bond donors (Lipinski definition) is 1. The zero-order valence-corrected chi connectivity index (χ0v) is 12.7. The molecule has 0 aromatic heterocycles. The number of hydrogen-bond acceptors (Lipinski definition) is 2.